The van der Waals surface area contributed by atoms with E-state index >= 15 is 0 Å². The number of carbonyl (C=O) groups excluding carboxylic acids is 2. The van der Waals surface area contributed by atoms with Gasteiger partial charge in [0, 0.05) is 18.0 Å². The fourth-order valence-corrected chi connectivity index (χ4v) is 2.95. The largest absolute Gasteiger partial charge is 0.465 e. The van der Waals surface area contributed by atoms with Crippen molar-refractivity contribution in [3.05, 3.63) is 11.8 Å². The van der Waals surface area contributed by atoms with Crippen LogP contribution in [0.15, 0.2) is 11.8 Å². The molecule has 6 heteroatoms. The van der Waals surface area contributed by atoms with Gasteiger partial charge in [0.15, 0.2) is 0 Å². The molecule has 0 aromatic rings. The zero-order valence-electron chi connectivity index (χ0n) is 12.3. The summed E-state index contributed by atoms with van der Waals surface area (Å²) in [5.74, 6) is 0.430. The lowest BCUT2D eigenvalue weighted by molar-refractivity contribution is -0.144. The second kappa shape index (κ2) is 9.02. The second-order valence-corrected chi connectivity index (χ2v) is 5.63. The molecule has 0 aromatic heterocycles. The molecule has 2 N–H and O–H groups in total. The number of thioether (sulfide) groups is 1. The summed E-state index contributed by atoms with van der Waals surface area (Å²) in [6.45, 7) is 4.74. The Morgan fingerprint density at radius 1 is 1.50 bits per heavy atom. The van der Waals surface area contributed by atoms with Crippen molar-refractivity contribution in [2.24, 2.45) is 5.73 Å². The van der Waals surface area contributed by atoms with E-state index in [9.17, 15) is 9.59 Å². The standard InChI is InChI=1S/C14H24N2O3S/c1-3-16(11-7-5-6-8-11)13(17)10-20-9-12(15)14(18)19-4-2/h7,12H,3-6,8-10,15H2,1-2H3. The Morgan fingerprint density at radius 2 is 2.25 bits per heavy atom. The molecule has 20 heavy (non-hydrogen) atoms. The molecule has 0 aromatic carbocycles. The van der Waals surface area contributed by atoms with Crippen LogP contribution in [-0.2, 0) is 14.3 Å². The fraction of sp³-hybridized carbons (Fsp3) is 0.714. The SMILES string of the molecule is CCOC(=O)C(N)CSCC(=O)N(CC)C1=CCCC1. The summed E-state index contributed by atoms with van der Waals surface area (Å²) in [4.78, 5) is 25.3. The Labute approximate surface area is 124 Å². The average molecular weight is 300 g/mol. The normalized spacial score (nSPS) is 15.7. The third-order valence-electron chi connectivity index (χ3n) is 3.09. The lowest BCUT2D eigenvalue weighted by atomic mass is 10.3. The Bertz CT molecular complexity index is 371. The van der Waals surface area contributed by atoms with Gasteiger partial charge in [-0.15, -0.1) is 11.8 Å². The first-order valence-electron chi connectivity index (χ1n) is 7.09. The van der Waals surface area contributed by atoms with Gasteiger partial charge in [-0.25, -0.2) is 0 Å². The molecule has 114 valence electrons. The van der Waals surface area contributed by atoms with Gasteiger partial charge in [0.25, 0.3) is 0 Å². The molecular formula is C14H24N2O3S. The fourth-order valence-electron chi connectivity index (χ4n) is 2.11. The maximum Gasteiger partial charge on any atom is 0.323 e. The quantitative estimate of drug-likeness (QED) is 0.688. The molecule has 0 saturated carbocycles. The predicted octanol–water partition coefficient (Wildman–Crippen LogP) is 1.53. The molecule has 0 aliphatic heterocycles. The molecule has 1 aliphatic rings. The van der Waals surface area contributed by atoms with Crippen LogP contribution in [0.2, 0.25) is 0 Å². The minimum absolute atomic E-state index is 0.0849. The van der Waals surface area contributed by atoms with E-state index in [0.717, 1.165) is 25.0 Å². The van der Waals surface area contributed by atoms with E-state index in [4.69, 9.17) is 10.5 Å². The number of allylic oxidation sites excluding steroid dienone is 2. The Hall–Kier alpha value is -1.01. The van der Waals surface area contributed by atoms with Gasteiger partial charge in [0.1, 0.15) is 6.04 Å². The molecular weight excluding hydrogens is 276 g/mol. The maximum atomic E-state index is 12.1. The topological polar surface area (TPSA) is 72.6 Å². The third-order valence-corrected chi connectivity index (χ3v) is 4.14. The zero-order chi connectivity index (χ0) is 15.0. The summed E-state index contributed by atoms with van der Waals surface area (Å²) in [5.41, 5.74) is 6.82. The highest BCUT2D eigenvalue weighted by Crippen LogP contribution is 2.22. The average Bonchev–Trinajstić information content (AvgIpc) is 2.93. The molecule has 5 nitrogen and oxygen atoms in total. The van der Waals surface area contributed by atoms with E-state index in [1.165, 1.54) is 11.8 Å². The number of hydrogen-bond acceptors (Lipinski definition) is 5. The number of ether oxygens (including phenoxy) is 1. The van der Waals surface area contributed by atoms with Crippen molar-refractivity contribution < 1.29 is 14.3 Å². The first-order valence-corrected chi connectivity index (χ1v) is 8.25. The number of carbonyl (C=O) groups is 2. The Kier molecular flexibility index (Phi) is 7.69. The molecule has 0 heterocycles. The first-order chi connectivity index (χ1) is 9.60. The van der Waals surface area contributed by atoms with Crippen LogP contribution in [-0.4, -0.2) is 47.5 Å². The molecule has 0 spiro atoms. The van der Waals surface area contributed by atoms with E-state index in [1.54, 1.807) is 6.92 Å². The minimum Gasteiger partial charge on any atom is -0.465 e. The summed E-state index contributed by atoms with van der Waals surface area (Å²) in [5, 5.41) is 0. The van der Waals surface area contributed by atoms with E-state index in [2.05, 4.69) is 6.08 Å². The zero-order valence-corrected chi connectivity index (χ0v) is 13.1. The maximum absolute atomic E-state index is 12.1. The summed E-state index contributed by atoms with van der Waals surface area (Å²) in [6.07, 6.45) is 5.29. The van der Waals surface area contributed by atoms with E-state index in [-0.39, 0.29) is 5.91 Å². The smallest absolute Gasteiger partial charge is 0.323 e. The molecule has 1 unspecified atom stereocenters. The highest BCUT2D eigenvalue weighted by atomic mass is 32.2. The molecule has 1 aliphatic carbocycles. The predicted molar refractivity (Wildman–Crippen MR) is 81.3 cm³/mol. The van der Waals surface area contributed by atoms with Crippen molar-refractivity contribution in [3.63, 3.8) is 0 Å². The number of nitrogens with two attached hydrogens (primary N) is 1. The molecule has 0 fully saturated rings. The highest BCUT2D eigenvalue weighted by molar-refractivity contribution is 8.00. The number of hydrogen-bond donors (Lipinski definition) is 1. The van der Waals surface area contributed by atoms with Crippen molar-refractivity contribution in [2.75, 3.05) is 24.7 Å². The molecule has 0 saturated heterocycles. The van der Waals surface area contributed by atoms with Gasteiger partial charge in [-0.05, 0) is 33.1 Å². The summed E-state index contributed by atoms with van der Waals surface area (Å²) in [7, 11) is 0. The van der Waals surface area contributed by atoms with Crippen molar-refractivity contribution in [3.8, 4) is 0 Å². The number of amides is 1. The molecule has 1 atom stereocenters. The summed E-state index contributed by atoms with van der Waals surface area (Å²) in [6, 6.07) is -0.659. The number of rotatable bonds is 8. The van der Waals surface area contributed by atoms with Crippen LogP contribution in [0.4, 0.5) is 0 Å². The van der Waals surface area contributed by atoms with E-state index in [0.29, 0.717) is 24.7 Å². The van der Waals surface area contributed by atoms with Crippen molar-refractivity contribution >= 4 is 23.6 Å². The van der Waals surface area contributed by atoms with Gasteiger partial charge in [-0.2, -0.15) is 0 Å². The van der Waals surface area contributed by atoms with Crippen LogP contribution in [0, 0.1) is 0 Å². The van der Waals surface area contributed by atoms with Gasteiger partial charge in [0.2, 0.25) is 5.91 Å². The van der Waals surface area contributed by atoms with E-state index in [1.807, 2.05) is 11.8 Å². The van der Waals surface area contributed by atoms with Crippen LogP contribution < -0.4 is 5.73 Å². The van der Waals surface area contributed by atoms with Crippen LogP contribution in [0.1, 0.15) is 33.1 Å². The molecule has 1 amide bonds. The second-order valence-electron chi connectivity index (χ2n) is 4.60. The third kappa shape index (κ3) is 5.17. The number of esters is 1. The van der Waals surface area contributed by atoms with Crippen molar-refractivity contribution in [2.45, 2.75) is 39.2 Å². The van der Waals surface area contributed by atoms with E-state index < -0.39 is 12.0 Å². The van der Waals surface area contributed by atoms with Gasteiger partial charge in [0.05, 0.1) is 12.4 Å². The first kappa shape index (κ1) is 17.0. The molecule has 1 rings (SSSR count). The summed E-state index contributed by atoms with van der Waals surface area (Å²) >= 11 is 1.38. The van der Waals surface area contributed by atoms with Crippen LogP contribution in [0.5, 0.6) is 0 Å². The Balaban J connectivity index is 2.33. The van der Waals surface area contributed by atoms with Crippen LogP contribution in [0.3, 0.4) is 0 Å². The van der Waals surface area contributed by atoms with Gasteiger partial charge < -0.3 is 15.4 Å². The highest BCUT2D eigenvalue weighted by Gasteiger charge is 2.20. The minimum atomic E-state index is -0.659. The van der Waals surface area contributed by atoms with Gasteiger partial charge in [-0.1, -0.05) is 6.08 Å². The van der Waals surface area contributed by atoms with Gasteiger partial charge >= 0.3 is 5.97 Å². The van der Waals surface area contributed by atoms with Crippen molar-refractivity contribution in [1.82, 2.24) is 4.90 Å². The van der Waals surface area contributed by atoms with Crippen LogP contribution in [0.25, 0.3) is 0 Å². The molecule has 0 bridgehead atoms. The van der Waals surface area contributed by atoms with Crippen molar-refractivity contribution in [1.29, 1.82) is 0 Å². The summed E-state index contributed by atoms with van der Waals surface area (Å²) < 4.78 is 4.83. The lowest BCUT2D eigenvalue weighted by Crippen LogP contribution is -2.36. The lowest BCUT2D eigenvalue weighted by Gasteiger charge is -2.22. The molecule has 0 radical (unpaired) electrons. The Morgan fingerprint density at radius 3 is 2.80 bits per heavy atom. The monoisotopic (exact) mass is 300 g/mol. The number of nitrogens with zero attached hydrogens (tertiary/aromatic N) is 1. The van der Waals surface area contributed by atoms with Crippen LogP contribution >= 0.6 is 11.8 Å². The van der Waals surface area contributed by atoms with Gasteiger partial charge in [-0.3, -0.25) is 9.59 Å².